The predicted molar refractivity (Wildman–Crippen MR) is 114 cm³/mol. The highest BCUT2D eigenvalue weighted by Crippen LogP contribution is 2.45. The van der Waals surface area contributed by atoms with Crippen LogP contribution >= 0.6 is 38.9 Å². The number of aliphatic hydroxyl groups is 1. The molecule has 0 saturated heterocycles. The molecule has 1 atom stereocenters. The van der Waals surface area contributed by atoms with Crippen molar-refractivity contribution in [1.29, 1.82) is 0 Å². The summed E-state index contributed by atoms with van der Waals surface area (Å²) in [6.07, 6.45) is -0.311. The number of ketones is 1. The van der Waals surface area contributed by atoms with E-state index in [1.807, 2.05) is 18.2 Å². The van der Waals surface area contributed by atoms with Crippen LogP contribution in [-0.4, -0.2) is 16.8 Å². The highest BCUT2D eigenvalue weighted by molar-refractivity contribution is 9.10. The van der Waals surface area contributed by atoms with Crippen molar-refractivity contribution in [2.24, 2.45) is 0 Å². The lowest BCUT2D eigenvalue weighted by molar-refractivity contribution is -0.136. The van der Waals surface area contributed by atoms with Crippen molar-refractivity contribution < 1.29 is 14.7 Å². The van der Waals surface area contributed by atoms with Crippen molar-refractivity contribution >= 4 is 56.2 Å². The minimum Gasteiger partial charge on any atom is -0.375 e. The first-order valence-corrected chi connectivity index (χ1v) is 10.6. The van der Waals surface area contributed by atoms with E-state index in [4.69, 9.17) is 11.6 Å². The molecule has 2 heterocycles. The fraction of sp³-hybridized carbons (Fsp3) is 0.143. The Morgan fingerprint density at radius 1 is 1.18 bits per heavy atom. The van der Waals surface area contributed by atoms with Crippen LogP contribution in [0, 0.1) is 0 Å². The van der Waals surface area contributed by atoms with Gasteiger partial charge in [0.25, 0.3) is 5.91 Å². The van der Waals surface area contributed by atoms with Gasteiger partial charge in [0.05, 0.1) is 23.5 Å². The van der Waals surface area contributed by atoms with Gasteiger partial charge in [0.2, 0.25) is 0 Å². The highest BCUT2D eigenvalue weighted by Gasteiger charge is 2.51. The maximum atomic E-state index is 13.3. The third-order valence-corrected chi connectivity index (χ3v) is 6.57. The van der Waals surface area contributed by atoms with E-state index in [1.165, 1.54) is 16.2 Å². The summed E-state index contributed by atoms with van der Waals surface area (Å²) in [6.45, 7) is 0.211. The first kappa shape index (κ1) is 19.3. The molecule has 0 radical (unpaired) electrons. The number of fused-ring (bicyclic) bond motifs is 1. The molecule has 28 heavy (non-hydrogen) atoms. The smallest absolute Gasteiger partial charge is 0.264 e. The van der Waals surface area contributed by atoms with E-state index in [0.717, 1.165) is 10.0 Å². The Labute approximate surface area is 179 Å². The van der Waals surface area contributed by atoms with Gasteiger partial charge in [-0.05, 0) is 41.3 Å². The lowest BCUT2D eigenvalue weighted by Crippen LogP contribution is -2.41. The van der Waals surface area contributed by atoms with E-state index >= 15 is 0 Å². The molecule has 1 unspecified atom stereocenters. The molecule has 3 aromatic rings. The number of amides is 1. The SMILES string of the molecule is O=C(CC1(O)C(=O)N(Cc2ccccc2Cl)c2ccc(Br)cc21)c1cccs1. The van der Waals surface area contributed by atoms with Gasteiger partial charge >= 0.3 is 0 Å². The second kappa shape index (κ2) is 7.44. The molecule has 0 bridgehead atoms. The standard InChI is InChI=1S/C21H15BrClNO3S/c22-14-7-8-17-15(10-14)21(27,11-18(25)19-6-3-9-28-19)20(26)24(17)12-13-4-1-2-5-16(13)23/h1-10,27H,11-12H2. The largest absolute Gasteiger partial charge is 0.375 e. The van der Waals surface area contributed by atoms with Gasteiger partial charge in [-0.25, -0.2) is 0 Å². The quantitative estimate of drug-likeness (QED) is 0.517. The second-order valence-corrected chi connectivity index (χ2v) is 8.85. The van der Waals surface area contributed by atoms with Crippen LogP contribution in [0.5, 0.6) is 0 Å². The van der Waals surface area contributed by atoms with E-state index in [9.17, 15) is 14.7 Å². The molecule has 0 spiro atoms. The number of benzene rings is 2. The van der Waals surface area contributed by atoms with Gasteiger partial charge in [-0.3, -0.25) is 9.59 Å². The Kier molecular flexibility index (Phi) is 5.14. The van der Waals surface area contributed by atoms with E-state index in [-0.39, 0.29) is 18.7 Å². The van der Waals surface area contributed by atoms with Crippen molar-refractivity contribution in [2.75, 3.05) is 4.90 Å². The molecule has 0 aliphatic carbocycles. The summed E-state index contributed by atoms with van der Waals surface area (Å²) in [5.74, 6) is -0.790. The Balaban J connectivity index is 1.74. The number of nitrogens with zero attached hydrogens (tertiary/aromatic N) is 1. The molecule has 0 saturated carbocycles. The zero-order valence-corrected chi connectivity index (χ0v) is 17.7. The van der Waals surface area contributed by atoms with Gasteiger partial charge in [0, 0.05) is 15.1 Å². The zero-order valence-electron chi connectivity index (χ0n) is 14.6. The van der Waals surface area contributed by atoms with Crippen LogP contribution in [0.2, 0.25) is 5.02 Å². The summed E-state index contributed by atoms with van der Waals surface area (Å²) < 4.78 is 0.723. The van der Waals surface area contributed by atoms with Crippen molar-refractivity contribution in [3.8, 4) is 0 Å². The van der Waals surface area contributed by atoms with Gasteiger partial charge in [0.15, 0.2) is 11.4 Å². The maximum Gasteiger partial charge on any atom is 0.264 e. The minimum absolute atomic E-state index is 0.211. The van der Waals surface area contributed by atoms with Gasteiger partial charge in [-0.15, -0.1) is 11.3 Å². The van der Waals surface area contributed by atoms with E-state index in [0.29, 0.717) is 21.2 Å². The van der Waals surface area contributed by atoms with Gasteiger partial charge in [0.1, 0.15) is 0 Å². The van der Waals surface area contributed by atoms with Gasteiger partial charge < -0.3 is 10.0 Å². The van der Waals surface area contributed by atoms with Crippen molar-refractivity contribution in [2.45, 2.75) is 18.6 Å². The van der Waals surface area contributed by atoms with Crippen LogP contribution < -0.4 is 4.90 Å². The number of carbonyl (C=O) groups excluding carboxylic acids is 2. The molecular formula is C21H15BrClNO3S. The Morgan fingerprint density at radius 3 is 2.68 bits per heavy atom. The average molecular weight is 477 g/mol. The number of anilines is 1. The number of thiophene rings is 1. The fourth-order valence-corrected chi connectivity index (χ4v) is 4.63. The molecule has 7 heteroatoms. The molecule has 142 valence electrons. The fourth-order valence-electron chi connectivity index (χ4n) is 3.40. The molecule has 4 rings (SSSR count). The maximum absolute atomic E-state index is 13.3. The highest BCUT2D eigenvalue weighted by atomic mass is 79.9. The lowest BCUT2D eigenvalue weighted by Gasteiger charge is -2.23. The number of hydrogen-bond acceptors (Lipinski definition) is 4. The summed E-state index contributed by atoms with van der Waals surface area (Å²) in [6, 6.07) is 16.0. The molecule has 0 fully saturated rings. The van der Waals surface area contributed by atoms with Crippen LogP contribution in [-0.2, 0) is 16.9 Å². The van der Waals surface area contributed by atoms with E-state index < -0.39 is 11.5 Å². The van der Waals surface area contributed by atoms with Crippen LogP contribution in [0.25, 0.3) is 0 Å². The van der Waals surface area contributed by atoms with Crippen molar-refractivity contribution in [1.82, 2.24) is 0 Å². The average Bonchev–Trinajstić information content (AvgIpc) is 3.27. The molecule has 4 nitrogen and oxygen atoms in total. The van der Waals surface area contributed by atoms with Crippen molar-refractivity contribution in [3.63, 3.8) is 0 Å². The van der Waals surface area contributed by atoms with Crippen LogP contribution in [0.1, 0.15) is 27.2 Å². The molecular weight excluding hydrogens is 462 g/mol. The number of halogens is 2. The number of carbonyl (C=O) groups is 2. The van der Waals surface area contributed by atoms with Crippen LogP contribution in [0.4, 0.5) is 5.69 Å². The van der Waals surface area contributed by atoms with E-state index in [1.54, 1.807) is 41.8 Å². The van der Waals surface area contributed by atoms with Gasteiger partial charge in [-0.1, -0.05) is 51.8 Å². The molecule has 1 aliphatic heterocycles. The lowest BCUT2D eigenvalue weighted by atomic mass is 9.89. The number of Topliss-reactive ketones (excluding diaryl/α,β-unsaturated/α-hetero) is 1. The first-order chi connectivity index (χ1) is 13.4. The summed E-state index contributed by atoms with van der Waals surface area (Å²) >= 11 is 11.0. The second-order valence-electron chi connectivity index (χ2n) is 6.58. The number of rotatable bonds is 5. The normalized spacial score (nSPS) is 18.4. The van der Waals surface area contributed by atoms with Gasteiger partial charge in [-0.2, -0.15) is 0 Å². The zero-order chi connectivity index (χ0) is 19.9. The predicted octanol–water partition coefficient (Wildman–Crippen LogP) is 5.17. The Hall–Kier alpha value is -1.99. The molecule has 1 N–H and O–H groups in total. The Bertz CT molecular complexity index is 1070. The summed E-state index contributed by atoms with van der Waals surface area (Å²) in [4.78, 5) is 28.0. The summed E-state index contributed by atoms with van der Waals surface area (Å²) in [5, 5.41) is 13.7. The molecule has 1 aromatic heterocycles. The topological polar surface area (TPSA) is 57.6 Å². The van der Waals surface area contributed by atoms with Crippen LogP contribution in [0.15, 0.2) is 64.5 Å². The molecule has 1 amide bonds. The molecule has 2 aromatic carbocycles. The monoisotopic (exact) mass is 475 g/mol. The summed E-state index contributed by atoms with van der Waals surface area (Å²) in [7, 11) is 0. The first-order valence-electron chi connectivity index (χ1n) is 8.54. The molecule has 1 aliphatic rings. The van der Waals surface area contributed by atoms with E-state index in [2.05, 4.69) is 15.9 Å². The van der Waals surface area contributed by atoms with Crippen LogP contribution in [0.3, 0.4) is 0 Å². The third kappa shape index (κ3) is 3.31. The third-order valence-electron chi connectivity index (χ3n) is 4.79. The Morgan fingerprint density at radius 2 is 1.96 bits per heavy atom. The minimum atomic E-state index is -1.92. The summed E-state index contributed by atoms with van der Waals surface area (Å²) in [5.41, 5.74) is -0.153. The number of hydrogen-bond donors (Lipinski definition) is 1. The van der Waals surface area contributed by atoms with Crippen molar-refractivity contribution in [3.05, 3.63) is 85.5 Å².